The molecule has 1 unspecified atom stereocenters. The van der Waals surface area contributed by atoms with E-state index in [1.54, 1.807) is 6.20 Å². The molecule has 4 rings (SSSR count). The third-order valence-electron chi connectivity index (χ3n) is 4.97. The van der Waals surface area contributed by atoms with E-state index in [0.29, 0.717) is 24.5 Å². The highest BCUT2D eigenvalue weighted by molar-refractivity contribution is 6.05. The number of hydrogen-bond donors (Lipinski definition) is 1. The minimum absolute atomic E-state index is 0.158. The first-order chi connectivity index (χ1) is 13.9. The summed E-state index contributed by atoms with van der Waals surface area (Å²) in [5.41, 5.74) is 2.20. The molecule has 29 heavy (non-hydrogen) atoms. The summed E-state index contributed by atoms with van der Waals surface area (Å²) in [4.78, 5) is 17.8. The van der Waals surface area contributed by atoms with E-state index in [4.69, 9.17) is 14.5 Å². The maximum atomic E-state index is 13.0. The second kappa shape index (κ2) is 7.73. The standard InChI is InChI=1S/C22H26N4O3/c1-13(2)18-9-16(17-11-24-26(14(3)4)21(17)25-18)22(27)23-10-15-12-28-19-7-5-6-8-20(19)29-15/h5-9,11,13-15H,10,12H2,1-4H3,(H,23,27). The molecule has 7 heteroatoms. The number of carbonyl (C=O) groups excluding carboxylic acids is 1. The average molecular weight is 394 g/mol. The maximum Gasteiger partial charge on any atom is 0.252 e. The van der Waals surface area contributed by atoms with Crippen molar-refractivity contribution in [3.8, 4) is 11.5 Å². The molecule has 1 atom stereocenters. The molecular formula is C22H26N4O3. The Morgan fingerprint density at radius 2 is 2.00 bits per heavy atom. The van der Waals surface area contributed by atoms with Gasteiger partial charge < -0.3 is 14.8 Å². The van der Waals surface area contributed by atoms with Crippen LogP contribution in [0.3, 0.4) is 0 Å². The highest BCUT2D eigenvalue weighted by Gasteiger charge is 2.23. The molecule has 0 radical (unpaired) electrons. The van der Waals surface area contributed by atoms with Crippen molar-refractivity contribution in [2.75, 3.05) is 13.2 Å². The first-order valence-electron chi connectivity index (χ1n) is 9.99. The number of hydrogen-bond acceptors (Lipinski definition) is 5. The van der Waals surface area contributed by atoms with Crippen molar-refractivity contribution in [2.24, 2.45) is 0 Å². The lowest BCUT2D eigenvalue weighted by Gasteiger charge is -2.26. The van der Waals surface area contributed by atoms with Crippen LogP contribution in [0.2, 0.25) is 0 Å². The van der Waals surface area contributed by atoms with Crippen LogP contribution >= 0.6 is 0 Å². The number of fused-ring (bicyclic) bond motifs is 2. The van der Waals surface area contributed by atoms with E-state index >= 15 is 0 Å². The van der Waals surface area contributed by atoms with Gasteiger partial charge in [-0.25, -0.2) is 9.67 Å². The van der Waals surface area contributed by atoms with Gasteiger partial charge in [-0.3, -0.25) is 4.79 Å². The van der Waals surface area contributed by atoms with E-state index in [1.165, 1.54) is 0 Å². The van der Waals surface area contributed by atoms with Gasteiger partial charge in [0, 0.05) is 11.7 Å². The molecule has 0 aliphatic carbocycles. The summed E-state index contributed by atoms with van der Waals surface area (Å²) in [6.45, 7) is 8.98. The Kier molecular flexibility index (Phi) is 5.13. The van der Waals surface area contributed by atoms with Crippen molar-refractivity contribution in [3.05, 3.63) is 47.8 Å². The quantitative estimate of drug-likeness (QED) is 0.714. The van der Waals surface area contributed by atoms with Crippen LogP contribution in [-0.2, 0) is 0 Å². The van der Waals surface area contributed by atoms with Gasteiger partial charge in [-0.05, 0) is 38.0 Å². The Hall–Kier alpha value is -3.09. The molecule has 3 heterocycles. The van der Waals surface area contributed by atoms with Gasteiger partial charge in [0.2, 0.25) is 0 Å². The van der Waals surface area contributed by atoms with Crippen LogP contribution in [0.4, 0.5) is 0 Å². The zero-order chi connectivity index (χ0) is 20.5. The molecule has 7 nitrogen and oxygen atoms in total. The molecule has 1 aliphatic heterocycles. The molecule has 0 bridgehead atoms. The minimum Gasteiger partial charge on any atom is -0.486 e. The van der Waals surface area contributed by atoms with E-state index in [2.05, 4.69) is 24.3 Å². The van der Waals surface area contributed by atoms with Gasteiger partial charge in [-0.15, -0.1) is 0 Å². The minimum atomic E-state index is -0.242. The molecule has 0 saturated carbocycles. The lowest BCUT2D eigenvalue weighted by atomic mass is 10.0. The SMILES string of the molecule is CC(C)c1cc(C(=O)NCC2COc3ccccc3O2)c2cnn(C(C)C)c2n1. The van der Waals surface area contributed by atoms with Gasteiger partial charge in [0.25, 0.3) is 5.91 Å². The molecule has 1 aliphatic rings. The second-order valence-electron chi connectivity index (χ2n) is 7.88. The predicted octanol–water partition coefficient (Wildman–Crippen LogP) is 3.71. The number of amides is 1. The van der Waals surface area contributed by atoms with Gasteiger partial charge in [-0.1, -0.05) is 26.0 Å². The highest BCUT2D eigenvalue weighted by atomic mass is 16.6. The summed E-state index contributed by atoms with van der Waals surface area (Å²) < 4.78 is 13.5. The smallest absolute Gasteiger partial charge is 0.252 e. The number of nitrogens with one attached hydrogen (secondary N) is 1. The highest BCUT2D eigenvalue weighted by Crippen LogP contribution is 2.30. The molecule has 1 amide bonds. The summed E-state index contributed by atoms with van der Waals surface area (Å²) in [5.74, 6) is 1.47. The van der Waals surface area contributed by atoms with E-state index < -0.39 is 0 Å². The average Bonchev–Trinajstić information content (AvgIpc) is 3.15. The van der Waals surface area contributed by atoms with E-state index in [1.807, 2.05) is 48.9 Å². The largest absolute Gasteiger partial charge is 0.486 e. The molecule has 1 aromatic carbocycles. The third kappa shape index (κ3) is 3.77. The summed E-state index contributed by atoms with van der Waals surface area (Å²) in [7, 11) is 0. The fraction of sp³-hybridized carbons (Fsp3) is 0.409. The molecule has 152 valence electrons. The number of rotatable bonds is 5. The number of para-hydroxylation sites is 2. The summed E-state index contributed by atoms with van der Waals surface area (Å²) in [6, 6.07) is 9.57. The van der Waals surface area contributed by atoms with Crippen LogP contribution in [0.5, 0.6) is 11.5 Å². The van der Waals surface area contributed by atoms with Gasteiger partial charge in [0.05, 0.1) is 23.7 Å². The number of aromatic nitrogens is 3. The van der Waals surface area contributed by atoms with Crippen LogP contribution < -0.4 is 14.8 Å². The van der Waals surface area contributed by atoms with Crippen LogP contribution in [0, 0.1) is 0 Å². The van der Waals surface area contributed by atoms with Gasteiger partial charge >= 0.3 is 0 Å². The fourth-order valence-electron chi connectivity index (χ4n) is 3.36. The Morgan fingerprint density at radius 3 is 2.72 bits per heavy atom. The van der Waals surface area contributed by atoms with Crippen LogP contribution in [-0.4, -0.2) is 39.9 Å². The van der Waals surface area contributed by atoms with Crippen molar-refractivity contribution in [1.29, 1.82) is 0 Å². The molecule has 0 saturated heterocycles. The van der Waals surface area contributed by atoms with Crippen molar-refractivity contribution in [3.63, 3.8) is 0 Å². The lowest BCUT2D eigenvalue weighted by Crippen LogP contribution is -2.40. The summed E-state index contributed by atoms with van der Waals surface area (Å²) in [5, 5.41) is 8.19. The zero-order valence-electron chi connectivity index (χ0n) is 17.2. The summed E-state index contributed by atoms with van der Waals surface area (Å²) >= 11 is 0. The molecule has 0 fully saturated rings. The Balaban J connectivity index is 1.55. The van der Waals surface area contributed by atoms with Crippen molar-refractivity contribution >= 4 is 16.9 Å². The first-order valence-corrected chi connectivity index (χ1v) is 9.99. The van der Waals surface area contributed by atoms with Crippen molar-refractivity contribution in [2.45, 2.75) is 45.8 Å². The van der Waals surface area contributed by atoms with Crippen LogP contribution in [0.25, 0.3) is 11.0 Å². The first kappa shape index (κ1) is 19.2. The number of pyridine rings is 1. The van der Waals surface area contributed by atoms with Crippen molar-refractivity contribution < 1.29 is 14.3 Å². The molecule has 3 aromatic rings. The Bertz CT molecular complexity index is 1040. The van der Waals surface area contributed by atoms with Crippen LogP contribution in [0.15, 0.2) is 36.5 Å². The normalized spacial score (nSPS) is 15.9. The van der Waals surface area contributed by atoms with E-state index in [0.717, 1.165) is 22.5 Å². The molecule has 2 aromatic heterocycles. The molecule has 0 spiro atoms. The van der Waals surface area contributed by atoms with Crippen LogP contribution in [0.1, 0.15) is 55.7 Å². The lowest BCUT2D eigenvalue weighted by molar-refractivity contribution is 0.0790. The fourth-order valence-corrected chi connectivity index (χ4v) is 3.36. The zero-order valence-corrected chi connectivity index (χ0v) is 17.2. The molecule has 1 N–H and O–H groups in total. The van der Waals surface area contributed by atoms with Gasteiger partial charge in [0.1, 0.15) is 12.7 Å². The Labute approximate surface area is 170 Å². The maximum absolute atomic E-state index is 13.0. The van der Waals surface area contributed by atoms with E-state index in [-0.39, 0.29) is 24.0 Å². The third-order valence-corrected chi connectivity index (χ3v) is 4.97. The Morgan fingerprint density at radius 1 is 1.24 bits per heavy atom. The van der Waals surface area contributed by atoms with Crippen molar-refractivity contribution in [1.82, 2.24) is 20.1 Å². The monoisotopic (exact) mass is 394 g/mol. The predicted molar refractivity (Wildman–Crippen MR) is 111 cm³/mol. The van der Waals surface area contributed by atoms with Gasteiger partial charge in [-0.2, -0.15) is 5.10 Å². The topological polar surface area (TPSA) is 78.3 Å². The van der Waals surface area contributed by atoms with Gasteiger partial charge in [0.15, 0.2) is 17.1 Å². The second-order valence-corrected chi connectivity index (χ2v) is 7.88. The number of carbonyl (C=O) groups is 1. The number of nitrogens with zero attached hydrogens (tertiary/aromatic N) is 3. The number of benzene rings is 1. The summed E-state index contributed by atoms with van der Waals surface area (Å²) in [6.07, 6.45) is 1.48. The number of ether oxygens (including phenoxy) is 2. The van der Waals surface area contributed by atoms with E-state index in [9.17, 15) is 4.79 Å². The molecular weight excluding hydrogens is 368 g/mol.